The lowest BCUT2D eigenvalue weighted by Crippen LogP contribution is -1.95. The summed E-state index contributed by atoms with van der Waals surface area (Å²) in [7, 11) is 0. The van der Waals surface area contributed by atoms with E-state index < -0.39 is 0 Å². The minimum absolute atomic E-state index is 0.292. The summed E-state index contributed by atoms with van der Waals surface area (Å²) in [6.07, 6.45) is 2.28. The Bertz CT molecular complexity index is 695. The van der Waals surface area contributed by atoms with Gasteiger partial charge in [-0.3, -0.25) is 4.79 Å². The van der Waals surface area contributed by atoms with Gasteiger partial charge in [0.2, 0.25) is 0 Å². The van der Waals surface area contributed by atoms with Gasteiger partial charge in [-0.25, -0.2) is 0 Å². The van der Waals surface area contributed by atoms with Crippen molar-refractivity contribution in [3.05, 3.63) is 66.3 Å². The first-order chi connectivity index (χ1) is 9.86. The number of rotatable bonds is 5. The SMILES string of the molecule is O=Cc1ccc(-c2ccccc2OCc2ccco2)o1. The number of ether oxygens (including phenoxy) is 1. The van der Waals surface area contributed by atoms with Crippen LogP contribution in [0.25, 0.3) is 11.3 Å². The average Bonchev–Trinajstić information content (AvgIpc) is 3.16. The van der Waals surface area contributed by atoms with Crippen LogP contribution in [-0.2, 0) is 6.61 Å². The van der Waals surface area contributed by atoms with Crippen LogP contribution < -0.4 is 4.74 Å². The standard InChI is InChI=1S/C16H12O4/c17-10-12-7-8-16(20-12)14-5-1-2-6-15(14)19-11-13-4-3-9-18-13/h1-10H,11H2. The molecule has 0 spiro atoms. The lowest BCUT2D eigenvalue weighted by atomic mass is 10.1. The summed E-state index contributed by atoms with van der Waals surface area (Å²) in [6, 6.07) is 14.5. The van der Waals surface area contributed by atoms with Crippen LogP contribution in [0.5, 0.6) is 5.75 Å². The molecule has 0 radical (unpaired) electrons. The number of hydrogen-bond acceptors (Lipinski definition) is 4. The lowest BCUT2D eigenvalue weighted by molar-refractivity contribution is 0.110. The van der Waals surface area contributed by atoms with Gasteiger partial charge in [-0.15, -0.1) is 0 Å². The molecular weight excluding hydrogens is 256 g/mol. The molecular formula is C16H12O4. The van der Waals surface area contributed by atoms with Crippen molar-refractivity contribution in [2.75, 3.05) is 0 Å². The minimum atomic E-state index is 0.292. The normalized spacial score (nSPS) is 10.4. The van der Waals surface area contributed by atoms with E-state index >= 15 is 0 Å². The molecule has 1 aromatic carbocycles. The summed E-state index contributed by atoms with van der Waals surface area (Å²) in [5.41, 5.74) is 0.798. The van der Waals surface area contributed by atoms with Crippen molar-refractivity contribution in [1.29, 1.82) is 0 Å². The van der Waals surface area contributed by atoms with E-state index in [0.29, 0.717) is 30.2 Å². The smallest absolute Gasteiger partial charge is 0.185 e. The summed E-state index contributed by atoms with van der Waals surface area (Å²) in [6.45, 7) is 0.339. The second-order valence-electron chi connectivity index (χ2n) is 4.18. The topological polar surface area (TPSA) is 52.6 Å². The van der Waals surface area contributed by atoms with Gasteiger partial charge in [0.15, 0.2) is 12.0 Å². The van der Waals surface area contributed by atoms with E-state index in [2.05, 4.69) is 0 Å². The van der Waals surface area contributed by atoms with Crippen molar-refractivity contribution in [1.82, 2.24) is 0 Å². The molecule has 3 rings (SSSR count). The first-order valence-corrected chi connectivity index (χ1v) is 6.16. The number of aldehydes is 1. The zero-order chi connectivity index (χ0) is 13.8. The maximum absolute atomic E-state index is 10.7. The molecule has 0 unspecified atom stereocenters. The number of para-hydroxylation sites is 1. The first kappa shape index (κ1) is 12.3. The second-order valence-corrected chi connectivity index (χ2v) is 4.18. The van der Waals surface area contributed by atoms with Gasteiger partial charge in [0.1, 0.15) is 23.9 Å². The number of carbonyl (C=O) groups excluding carboxylic acids is 1. The van der Waals surface area contributed by atoms with Gasteiger partial charge in [0, 0.05) is 0 Å². The van der Waals surface area contributed by atoms with Crippen molar-refractivity contribution < 1.29 is 18.4 Å². The van der Waals surface area contributed by atoms with Crippen LogP contribution in [0.15, 0.2) is 63.6 Å². The third-order valence-electron chi connectivity index (χ3n) is 2.85. The Morgan fingerprint density at radius 1 is 1.05 bits per heavy atom. The molecule has 100 valence electrons. The third kappa shape index (κ3) is 2.49. The zero-order valence-corrected chi connectivity index (χ0v) is 10.6. The maximum Gasteiger partial charge on any atom is 0.185 e. The molecule has 0 aliphatic carbocycles. The average molecular weight is 268 g/mol. The molecule has 4 heteroatoms. The van der Waals surface area contributed by atoms with E-state index in [9.17, 15) is 4.79 Å². The first-order valence-electron chi connectivity index (χ1n) is 6.16. The molecule has 2 heterocycles. The van der Waals surface area contributed by atoms with Gasteiger partial charge >= 0.3 is 0 Å². The Hall–Kier alpha value is -2.75. The Kier molecular flexibility index (Phi) is 3.37. The molecule has 0 fully saturated rings. The Labute approximate surface area is 115 Å². The second kappa shape index (κ2) is 5.48. The third-order valence-corrected chi connectivity index (χ3v) is 2.85. The Morgan fingerprint density at radius 2 is 1.95 bits per heavy atom. The quantitative estimate of drug-likeness (QED) is 0.658. The highest BCUT2D eigenvalue weighted by Crippen LogP contribution is 2.31. The fourth-order valence-electron chi connectivity index (χ4n) is 1.90. The zero-order valence-electron chi connectivity index (χ0n) is 10.6. The van der Waals surface area contributed by atoms with Gasteiger partial charge < -0.3 is 13.6 Å². The van der Waals surface area contributed by atoms with Gasteiger partial charge in [-0.2, -0.15) is 0 Å². The number of hydrogen-bond donors (Lipinski definition) is 0. The van der Waals surface area contributed by atoms with Crippen LogP contribution in [-0.4, -0.2) is 6.29 Å². The Morgan fingerprint density at radius 3 is 2.70 bits per heavy atom. The van der Waals surface area contributed by atoms with Crippen LogP contribution in [0.2, 0.25) is 0 Å². The fourth-order valence-corrected chi connectivity index (χ4v) is 1.90. The van der Waals surface area contributed by atoms with Crippen LogP contribution >= 0.6 is 0 Å². The molecule has 2 aromatic heterocycles. The summed E-state index contributed by atoms with van der Waals surface area (Å²) in [4.78, 5) is 10.7. The molecule has 0 amide bonds. The van der Waals surface area contributed by atoms with Crippen LogP contribution in [0.3, 0.4) is 0 Å². The largest absolute Gasteiger partial charge is 0.485 e. The molecule has 0 aliphatic heterocycles. The predicted octanol–water partition coefficient (Wildman–Crippen LogP) is 3.93. The van der Waals surface area contributed by atoms with E-state index in [4.69, 9.17) is 13.6 Å². The van der Waals surface area contributed by atoms with Gasteiger partial charge in [0.25, 0.3) is 0 Å². The van der Waals surface area contributed by atoms with Crippen molar-refractivity contribution >= 4 is 6.29 Å². The van der Waals surface area contributed by atoms with Gasteiger partial charge in [-0.1, -0.05) is 12.1 Å². The number of benzene rings is 1. The fraction of sp³-hybridized carbons (Fsp3) is 0.0625. The molecule has 20 heavy (non-hydrogen) atoms. The van der Waals surface area contributed by atoms with E-state index in [1.54, 1.807) is 18.4 Å². The summed E-state index contributed by atoms with van der Waals surface area (Å²) in [5, 5.41) is 0. The molecule has 0 N–H and O–H groups in total. The van der Waals surface area contributed by atoms with Crippen molar-refractivity contribution in [3.8, 4) is 17.1 Å². The Balaban J connectivity index is 1.85. The minimum Gasteiger partial charge on any atom is -0.485 e. The van der Waals surface area contributed by atoms with Gasteiger partial charge in [0.05, 0.1) is 11.8 Å². The molecule has 0 saturated heterocycles. The van der Waals surface area contributed by atoms with Crippen molar-refractivity contribution in [3.63, 3.8) is 0 Å². The van der Waals surface area contributed by atoms with Crippen LogP contribution in [0, 0.1) is 0 Å². The molecule has 4 nitrogen and oxygen atoms in total. The van der Waals surface area contributed by atoms with E-state index in [0.717, 1.165) is 11.3 Å². The van der Waals surface area contributed by atoms with E-state index in [1.165, 1.54) is 0 Å². The predicted molar refractivity (Wildman–Crippen MR) is 72.6 cm³/mol. The summed E-state index contributed by atoms with van der Waals surface area (Å²) in [5.74, 6) is 2.31. The highest BCUT2D eigenvalue weighted by atomic mass is 16.5. The number of furan rings is 2. The molecule has 0 aliphatic rings. The lowest BCUT2D eigenvalue weighted by Gasteiger charge is -2.08. The summed E-state index contributed by atoms with van der Waals surface area (Å²) < 4.78 is 16.4. The monoisotopic (exact) mass is 268 g/mol. The van der Waals surface area contributed by atoms with E-state index in [1.807, 2.05) is 36.4 Å². The van der Waals surface area contributed by atoms with Crippen LogP contribution in [0.1, 0.15) is 16.3 Å². The highest BCUT2D eigenvalue weighted by molar-refractivity contribution is 5.74. The van der Waals surface area contributed by atoms with E-state index in [-0.39, 0.29) is 0 Å². The van der Waals surface area contributed by atoms with Crippen LogP contribution in [0.4, 0.5) is 0 Å². The van der Waals surface area contributed by atoms with Crippen molar-refractivity contribution in [2.24, 2.45) is 0 Å². The van der Waals surface area contributed by atoms with Crippen molar-refractivity contribution in [2.45, 2.75) is 6.61 Å². The molecule has 3 aromatic rings. The molecule has 0 bridgehead atoms. The molecule has 0 atom stereocenters. The molecule has 0 saturated carbocycles. The summed E-state index contributed by atoms with van der Waals surface area (Å²) >= 11 is 0. The highest BCUT2D eigenvalue weighted by Gasteiger charge is 2.10. The maximum atomic E-state index is 10.7. The number of carbonyl (C=O) groups is 1. The van der Waals surface area contributed by atoms with Gasteiger partial charge in [-0.05, 0) is 36.4 Å².